The summed E-state index contributed by atoms with van der Waals surface area (Å²) < 4.78 is 6.19. The van der Waals surface area contributed by atoms with Gasteiger partial charge >= 0.3 is 0 Å². The molecule has 0 saturated carbocycles. The van der Waals surface area contributed by atoms with E-state index in [2.05, 4.69) is 18.7 Å². The van der Waals surface area contributed by atoms with Crippen molar-refractivity contribution in [1.82, 2.24) is 9.80 Å². The van der Waals surface area contributed by atoms with Crippen molar-refractivity contribution in [3.05, 3.63) is 0 Å². The predicted octanol–water partition coefficient (Wildman–Crippen LogP) is 1.64. The first-order valence-electron chi connectivity index (χ1n) is 12.4. The number of amides is 1. The molecule has 9 heteroatoms. The maximum Gasteiger partial charge on any atom is 0.221 e. The Morgan fingerprint density at radius 1 is 1.18 bits per heavy atom. The maximum atomic E-state index is 13.5. The fraction of sp³-hybridized carbons (Fsp3) is 0.958. The molecule has 2 saturated heterocycles. The SMILES string of the molecule is CCC[C@@H](C)[C@@]1(N(C(C)=O)C(C(C)C)C2OC(SC)C(O)C(O)C2O)CCCN1C[C@H](C)O. The highest BCUT2D eigenvalue weighted by atomic mass is 32.2. The number of β-amino-alcohol motifs (C(OH)–C–C–N with tert-alkyl or cyclic N) is 1. The molecule has 0 aromatic rings. The lowest BCUT2D eigenvalue weighted by Gasteiger charge is -2.57. The summed E-state index contributed by atoms with van der Waals surface area (Å²) >= 11 is 1.28. The third-order valence-corrected chi connectivity index (χ3v) is 8.28. The van der Waals surface area contributed by atoms with Gasteiger partial charge in [-0.2, -0.15) is 0 Å². The van der Waals surface area contributed by atoms with Crippen molar-refractivity contribution in [3.63, 3.8) is 0 Å². The van der Waals surface area contributed by atoms with Crippen molar-refractivity contribution >= 4 is 17.7 Å². The van der Waals surface area contributed by atoms with Crippen molar-refractivity contribution in [3.8, 4) is 0 Å². The molecule has 2 rings (SSSR count). The molecule has 33 heavy (non-hydrogen) atoms. The van der Waals surface area contributed by atoms with E-state index in [0.717, 1.165) is 32.2 Å². The second-order valence-corrected chi connectivity index (χ2v) is 11.2. The van der Waals surface area contributed by atoms with Crippen LogP contribution in [0.2, 0.25) is 0 Å². The first-order valence-corrected chi connectivity index (χ1v) is 13.7. The Morgan fingerprint density at radius 2 is 1.82 bits per heavy atom. The van der Waals surface area contributed by atoms with Crippen molar-refractivity contribution < 1.29 is 30.0 Å². The molecule has 0 aromatic heterocycles. The van der Waals surface area contributed by atoms with Crippen molar-refractivity contribution in [2.75, 3.05) is 19.3 Å². The van der Waals surface area contributed by atoms with Gasteiger partial charge in [0.15, 0.2) is 0 Å². The third kappa shape index (κ3) is 5.71. The van der Waals surface area contributed by atoms with Gasteiger partial charge < -0.3 is 30.1 Å². The van der Waals surface area contributed by atoms with Crippen LogP contribution in [0, 0.1) is 11.8 Å². The summed E-state index contributed by atoms with van der Waals surface area (Å²) in [6.07, 6.45) is 0.0215. The highest BCUT2D eigenvalue weighted by molar-refractivity contribution is 7.99. The number of thioether (sulfide) groups is 1. The van der Waals surface area contributed by atoms with Gasteiger partial charge in [-0.3, -0.25) is 9.69 Å². The Hall–Kier alpha value is -0.420. The number of nitrogens with zero attached hydrogens (tertiary/aromatic N) is 2. The lowest BCUT2D eigenvalue weighted by Crippen LogP contribution is -2.72. The van der Waals surface area contributed by atoms with Crippen LogP contribution in [0.1, 0.15) is 67.2 Å². The van der Waals surface area contributed by atoms with E-state index in [0.29, 0.717) is 6.54 Å². The number of aliphatic hydroxyl groups is 4. The number of aliphatic hydroxyl groups excluding tert-OH is 4. The largest absolute Gasteiger partial charge is 0.392 e. The topological polar surface area (TPSA) is 114 Å². The Kier molecular flexibility index (Phi) is 10.5. The van der Waals surface area contributed by atoms with Gasteiger partial charge in [0.2, 0.25) is 5.91 Å². The van der Waals surface area contributed by atoms with E-state index in [1.54, 1.807) is 20.1 Å². The number of rotatable bonds is 10. The van der Waals surface area contributed by atoms with Crippen LogP contribution in [0.25, 0.3) is 0 Å². The van der Waals surface area contributed by atoms with E-state index in [-0.39, 0.29) is 17.7 Å². The van der Waals surface area contributed by atoms with Crippen LogP contribution in [0.3, 0.4) is 0 Å². The zero-order valence-corrected chi connectivity index (χ0v) is 22.2. The van der Waals surface area contributed by atoms with Gasteiger partial charge in [0, 0.05) is 20.0 Å². The Morgan fingerprint density at radius 3 is 2.30 bits per heavy atom. The van der Waals surface area contributed by atoms with E-state index >= 15 is 0 Å². The molecule has 2 aliphatic heterocycles. The minimum Gasteiger partial charge on any atom is -0.392 e. The average molecular weight is 491 g/mol. The third-order valence-electron chi connectivity index (χ3n) is 7.43. The molecule has 6 unspecified atom stereocenters. The van der Waals surface area contributed by atoms with Gasteiger partial charge in [-0.25, -0.2) is 0 Å². The van der Waals surface area contributed by atoms with Crippen LogP contribution < -0.4 is 0 Å². The summed E-state index contributed by atoms with van der Waals surface area (Å²) in [7, 11) is 0. The second kappa shape index (κ2) is 12.0. The summed E-state index contributed by atoms with van der Waals surface area (Å²) in [4.78, 5) is 17.6. The molecule has 1 amide bonds. The summed E-state index contributed by atoms with van der Waals surface area (Å²) in [6, 6.07) is -0.525. The number of carbonyl (C=O) groups excluding carboxylic acids is 1. The van der Waals surface area contributed by atoms with Crippen LogP contribution in [0.5, 0.6) is 0 Å². The Bertz CT molecular complexity index is 636. The van der Waals surface area contributed by atoms with E-state index < -0.39 is 47.7 Å². The molecule has 2 aliphatic rings. The van der Waals surface area contributed by atoms with Gasteiger partial charge in [-0.05, 0) is 44.3 Å². The normalized spacial score (nSPS) is 36.1. The number of hydrogen-bond donors (Lipinski definition) is 4. The molecule has 0 radical (unpaired) electrons. The minimum absolute atomic E-state index is 0.0850. The van der Waals surface area contributed by atoms with Gasteiger partial charge in [0.1, 0.15) is 29.9 Å². The van der Waals surface area contributed by atoms with Crippen LogP contribution in [0.4, 0.5) is 0 Å². The molecule has 4 N–H and O–H groups in total. The molecule has 194 valence electrons. The molecule has 0 aromatic carbocycles. The fourth-order valence-electron chi connectivity index (χ4n) is 6.10. The van der Waals surface area contributed by atoms with Gasteiger partial charge in [0.05, 0.1) is 17.8 Å². The quantitative estimate of drug-likeness (QED) is 0.366. The molecule has 2 heterocycles. The monoisotopic (exact) mass is 490 g/mol. The summed E-state index contributed by atoms with van der Waals surface area (Å²) in [5, 5.41) is 42.3. The standard InChI is InChI=1S/C24H46N2O6S/c1-8-10-15(4)24(11-9-12-25(24)13-16(5)27)26(17(6)28)18(14(2)3)22-20(30)19(29)21(31)23(32-22)33-7/h14-16,18-23,27,29-31H,8-13H2,1-7H3/t15-,16+,18?,19?,20?,21?,22?,23?,24+/m1/s1. The van der Waals surface area contributed by atoms with Crippen molar-refractivity contribution in [1.29, 1.82) is 0 Å². The number of carbonyl (C=O) groups is 1. The van der Waals surface area contributed by atoms with Crippen LogP contribution in [0.15, 0.2) is 0 Å². The van der Waals surface area contributed by atoms with E-state index in [9.17, 15) is 25.2 Å². The number of ether oxygens (including phenoxy) is 1. The fourth-order valence-corrected chi connectivity index (χ4v) is 6.78. The molecular formula is C24H46N2O6S. The zero-order chi connectivity index (χ0) is 25.1. The second-order valence-electron chi connectivity index (χ2n) is 10.3. The van der Waals surface area contributed by atoms with Gasteiger partial charge in [-0.15, -0.1) is 11.8 Å². The maximum absolute atomic E-state index is 13.5. The van der Waals surface area contributed by atoms with E-state index in [1.165, 1.54) is 11.8 Å². The molecular weight excluding hydrogens is 444 g/mol. The van der Waals surface area contributed by atoms with Crippen molar-refractivity contribution in [2.24, 2.45) is 11.8 Å². The lowest BCUT2D eigenvalue weighted by molar-refractivity contribution is -0.232. The smallest absolute Gasteiger partial charge is 0.221 e. The highest BCUT2D eigenvalue weighted by Crippen LogP contribution is 2.45. The van der Waals surface area contributed by atoms with Crippen LogP contribution in [-0.4, -0.2) is 103 Å². The molecule has 0 aliphatic carbocycles. The first kappa shape index (κ1) is 28.8. The zero-order valence-electron chi connectivity index (χ0n) is 21.3. The number of hydrogen-bond acceptors (Lipinski definition) is 8. The molecule has 8 nitrogen and oxygen atoms in total. The summed E-state index contributed by atoms with van der Waals surface area (Å²) in [5.74, 6) is -0.0778. The molecule has 2 fully saturated rings. The molecule has 0 bridgehead atoms. The van der Waals surface area contributed by atoms with Crippen LogP contribution >= 0.6 is 11.8 Å². The van der Waals surface area contributed by atoms with E-state index in [1.807, 2.05) is 18.7 Å². The number of likely N-dealkylation sites (tertiary alicyclic amines) is 1. The van der Waals surface area contributed by atoms with E-state index in [4.69, 9.17) is 4.74 Å². The van der Waals surface area contributed by atoms with Crippen LogP contribution in [-0.2, 0) is 9.53 Å². The lowest BCUT2D eigenvalue weighted by atomic mass is 9.80. The summed E-state index contributed by atoms with van der Waals surface area (Å²) in [6.45, 7) is 12.8. The summed E-state index contributed by atoms with van der Waals surface area (Å²) in [5.41, 5.74) is -1.34. The predicted molar refractivity (Wildman–Crippen MR) is 131 cm³/mol. The minimum atomic E-state index is -1.36. The highest BCUT2D eigenvalue weighted by Gasteiger charge is 2.57. The van der Waals surface area contributed by atoms with Gasteiger partial charge in [-0.1, -0.05) is 34.1 Å². The average Bonchev–Trinajstić information content (AvgIpc) is 3.14. The Balaban J connectivity index is 2.63. The Labute approximate surface area is 203 Å². The first-order chi connectivity index (χ1) is 15.4. The van der Waals surface area contributed by atoms with Crippen molar-refractivity contribution in [2.45, 2.75) is 115 Å². The molecule has 9 atom stereocenters. The van der Waals surface area contributed by atoms with Gasteiger partial charge in [0.25, 0.3) is 0 Å². The molecule has 0 spiro atoms.